The molecule has 0 aliphatic carbocycles. The molecule has 0 bridgehead atoms. The second-order valence-corrected chi connectivity index (χ2v) is 5.11. The molecule has 0 aromatic heterocycles. The normalized spacial score (nSPS) is 15.0. The second-order valence-electron chi connectivity index (χ2n) is 4.74. The van der Waals surface area contributed by atoms with Gasteiger partial charge in [-0.3, -0.25) is 9.59 Å². The molecule has 2 aromatic carbocycles. The van der Waals surface area contributed by atoms with Crippen molar-refractivity contribution in [1.29, 1.82) is 0 Å². The van der Waals surface area contributed by atoms with Crippen molar-refractivity contribution in [1.82, 2.24) is 0 Å². The van der Waals surface area contributed by atoms with E-state index in [2.05, 4.69) is 0 Å². The topological polar surface area (TPSA) is 37.4 Å². The predicted octanol–water partition coefficient (Wildman–Crippen LogP) is 3.30. The maximum Gasteiger partial charge on any atom is 0.277 e. The van der Waals surface area contributed by atoms with E-state index in [1.807, 2.05) is 36.4 Å². The molecule has 1 aliphatic heterocycles. The van der Waals surface area contributed by atoms with E-state index in [0.29, 0.717) is 17.7 Å². The van der Waals surface area contributed by atoms with Crippen LogP contribution in [0.1, 0.15) is 5.56 Å². The second kappa shape index (κ2) is 5.54. The zero-order chi connectivity index (χ0) is 14.8. The summed E-state index contributed by atoms with van der Waals surface area (Å²) in [5.74, 6) is -0.807. The Morgan fingerprint density at radius 1 is 0.810 bits per heavy atom. The van der Waals surface area contributed by atoms with Gasteiger partial charge in [0.05, 0.1) is 5.69 Å². The molecule has 3 nitrogen and oxygen atoms in total. The van der Waals surface area contributed by atoms with Crippen molar-refractivity contribution in [3.63, 3.8) is 0 Å². The first-order chi connectivity index (χ1) is 10.2. The van der Waals surface area contributed by atoms with Crippen LogP contribution in [0.25, 0.3) is 0 Å². The summed E-state index contributed by atoms with van der Waals surface area (Å²) in [4.78, 5) is 25.9. The summed E-state index contributed by atoms with van der Waals surface area (Å²) in [6, 6.07) is 18.3. The van der Waals surface area contributed by atoms with Gasteiger partial charge >= 0.3 is 0 Å². The van der Waals surface area contributed by atoms with E-state index in [4.69, 9.17) is 11.6 Å². The third-order valence-electron chi connectivity index (χ3n) is 3.36. The summed E-state index contributed by atoms with van der Waals surface area (Å²) < 4.78 is 0. The van der Waals surface area contributed by atoms with Gasteiger partial charge in [-0.2, -0.15) is 0 Å². The number of nitrogens with zero attached hydrogens (tertiary/aromatic N) is 1. The molecule has 104 valence electrons. The Balaban J connectivity index is 1.92. The number of carbonyl (C=O) groups is 2. The molecule has 1 heterocycles. The van der Waals surface area contributed by atoms with Crippen LogP contribution in [0.5, 0.6) is 0 Å². The maximum absolute atomic E-state index is 12.5. The third-order valence-corrected chi connectivity index (χ3v) is 3.74. The minimum Gasteiger partial charge on any atom is -0.268 e. The Morgan fingerprint density at radius 3 is 2.00 bits per heavy atom. The lowest BCUT2D eigenvalue weighted by molar-refractivity contribution is -0.120. The largest absolute Gasteiger partial charge is 0.277 e. The summed E-state index contributed by atoms with van der Waals surface area (Å²) in [6.07, 6.45) is 0.355. The van der Waals surface area contributed by atoms with Crippen LogP contribution in [0, 0.1) is 0 Å². The predicted molar refractivity (Wildman–Crippen MR) is 82.0 cm³/mol. The molecule has 0 unspecified atom stereocenters. The lowest BCUT2D eigenvalue weighted by Gasteiger charge is -2.14. The minimum atomic E-state index is -0.459. The van der Waals surface area contributed by atoms with Crippen LogP contribution >= 0.6 is 11.6 Å². The Kier molecular flexibility index (Phi) is 3.59. The van der Waals surface area contributed by atoms with Gasteiger partial charge in [-0.25, -0.2) is 4.90 Å². The molecular formula is C17H12ClNO2. The molecule has 1 aliphatic rings. The zero-order valence-electron chi connectivity index (χ0n) is 11.1. The molecule has 0 atom stereocenters. The van der Waals surface area contributed by atoms with Gasteiger partial charge in [-0.15, -0.1) is 0 Å². The zero-order valence-corrected chi connectivity index (χ0v) is 11.9. The fraction of sp³-hybridized carbons (Fsp3) is 0.0588. The molecule has 21 heavy (non-hydrogen) atoms. The number of halogens is 1. The van der Waals surface area contributed by atoms with E-state index in [-0.39, 0.29) is 10.9 Å². The molecule has 0 spiro atoms. The number of carbonyl (C=O) groups excluding carboxylic acids is 2. The van der Waals surface area contributed by atoms with Crippen LogP contribution in [0.15, 0.2) is 71.3 Å². The average molecular weight is 298 g/mol. The number of benzene rings is 2. The monoisotopic (exact) mass is 297 g/mol. The molecule has 0 N–H and O–H groups in total. The Bertz CT molecular complexity index is 723. The molecule has 3 rings (SSSR count). The van der Waals surface area contributed by atoms with Crippen LogP contribution in [0.2, 0.25) is 0 Å². The fourth-order valence-corrected chi connectivity index (χ4v) is 2.55. The molecule has 4 heteroatoms. The highest BCUT2D eigenvalue weighted by atomic mass is 35.5. The van der Waals surface area contributed by atoms with Gasteiger partial charge in [0.25, 0.3) is 11.8 Å². The molecule has 2 amide bonds. The number of imide groups is 1. The molecule has 0 saturated carbocycles. The van der Waals surface area contributed by atoms with Gasteiger partial charge in [0.1, 0.15) is 5.03 Å². The summed E-state index contributed by atoms with van der Waals surface area (Å²) in [7, 11) is 0. The average Bonchev–Trinajstić information content (AvgIpc) is 2.73. The standard InChI is InChI=1S/C17H12ClNO2/c18-15-14(11-12-7-3-1-4-8-12)16(20)19(17(15)21)13-9-5-2-6-10-13/h1-10H,11H2. The molecular weight excluding hydrogens is 286 g/mol. The first-order valence-corrected chi connectivity index (χ1v) is 6.92. The van der Waals surface area contributed by atoms with Crippen LogP contribution in [0.3, 0.4) is 0 Å². The van der Waals surface area contributed by atoms with E-state index in [1.165, 1.54) is 0 Å². The van der Waals surface area contributed by atoms with Crippen molar-refractivity contribution in [3.05, 3.63) is 76.8 Å². The van der Waals surface area contributed by atoms with Crippen molar-refractivity contribution < 1.29 is 9.59 Å². The quantitative estimate of drug-likeness (QED) is 0.815. The van der Waals surface area contributed by atoms with Gasteiger partial charge in [-0.1, -0.05) is 60.1 Å². The minimum absolute atomic E-state index is 0.00714. The Morgan fingerprint density at radius 2 is 1.38 bits per heavy atom. The van der Waals surface area contributed by atoms with E-state index in [0.717, 1.165) is 10.5 Å². The number of anilines is 1. The lowest BCUT2D eigenvalue weighted by Crippen LogP contribution is -2.31. The summed E-state index contributed by atoms with van der Waals surface area (Å²) in [6.45, 7) is 0. The van der Waals surface area contributed by atoms with Gasteiger partial charge in [-0.05, 0) is 17.7 Å². The number of para-hydroxylation sites is 1. The van der Waals surface area contributed by atoms with E-state index in [9.17, 15) is 9.59 Å². The van der Waals surface area contributed by atoms with Crippen LogP contribution in [-0.2, 0) is 16.0 Å². The van der Waals surface area contributed by atoms with Crippen molar-refractivity contribution in [3.8, 4) is 0 Å². The number of amides is 2. The summed E-state index contributed by atoms with van der Waals surface area (Å²) >= 11 is 6.09. The van der Waals surface area contributed by atoms with Crippen LogP contribution in [-0.4, -0.2) is 11.8 Å². The number of rotatable bonds is 3. The molecule has 0 radical (unpaired) electrons. The number of hydrogen-bond acceptors (Lipinski definition) is 2. The van der Waals surface area contributed by atoms with Crippen molar-refractivity contribution in [2.75, 3.05) is 4.90 Å². The van der Waals surface area contributed by atoms with Crippen molar-refractivity contribution in [2.45, 2.75) is 6.42 Å². The van der Waals surface area contributed by atoms with Gasteiger partial charge in [0, 0.05) is 12.0 Å². The molecule has 0 fully saturated rings. The Labute approximate surface area is 127 Å². The summed E-state index contributed by atoms with van der Waals surface area (Å²) in [5, 5.41) is 0.00714. The lowest BCUT2D eigenvalue weighted by atomic mass is 10.1. The van der Waals surface area contributed by atoms with E-state index >= 15 is 0 Å². The Hall–Kier alpha value is -2.39. The van der Waals surface area contributed by atoms with Crippen LogP contribution < -0.4 is 4.90 Å². The highest BCUT2D eigenvalue weighted by Gasteiger charge is 2.38. The molecule has 0 saturated heterocycles. The number of hydrogen-bond donors (Lipinski definition) is 0. The van der Waals surface area contributed by atoms with E-state index < -0.39 is 5.91 Å². The fourth-order valence-electron chi connectivity index (χ4n) is 2.31. The van der Waals surface area contributed by atoms with Crippen LogP contribution in [0.4, 0.5) is 5.69 Å². The van der Waals surface area contributed by atoms with Gasteiger partial charge in [0.2, 0.25) is 0 Å². The first-order valence-electron chi connectivity index (χ1n) is 6.55. The first kappa shape index (κ1) is 13.6. The smallest absolute Gasteiger partial charge is 0.268 e. The van der Waals surface area contributed by atoms with Gasteiger partial charge in [0.15, 0.2) is 0 Å². The highest BCUT2D eigenvalue weighted by Crippen LogP contribution is 2.30. The molecule has 2 aromatic rings. The van der Waals surface area contributed by atoms with Gasteiger partial charge < -0.3 is 0 Å². The summed E-state index contributed by atoms with van der Waals surface area (Å²) in [5.41, 5.74) is 1.83. The maximum atomic E-state index is 12.5. The van der Waals surface area contributed by atoms with E-state index in [1.54, 1.807) is 24.3 Å². The SMILES string of the molecule is O=C1C(Cl)=C(Cc2ccccc2)C(=O)N1c1ccccc1. The van der Waals surface area contributed by atoms with Crippen molar-refractivity contribution >= 4 is 29.1 Å². The highest BCUT2D eigenvalue weighted by molar-refractivity contribution is 6.52. The van der Waals surface area contributed by atoms with Crippen molar-refractivity contribution in [2.24, 2.45) is 0 Å². The third kappa shape index (κ3) is 2.48.